The molecule has 1 N–H and O–H groups in total. The van der Waals surface area contributed by atoms with Crippen molar-refractivity contribution in [2.75, 3.05) is 23.3 Å². The predicted molar refractivity (Wildman–Crippen MR) is 87.1 cm³/mol. The van der Waals surface area contributed by atoms with Crippen LogP contribution in [0.5, 0.6) is 0 Å². The molecule has 0 spiro atoms. The first-order valence-corrected chi connectivity index (χ1v) is 7.88. The van der Waals surface area contributed by atoms with Gasteiger partial charge in [0.05, 0.1) is 0 Å². The van der Waals surface area contributed by atoms with Gasteiger partial charge in [0.2, 0.25) is 0 Å². The van der Waals surface area contributed by atoms with Crippen molar-refractivity contribution in [1.82, 2.24) is 10.2 Å². The molecule has 0 bridgehead atoms. The van der Waals surface area contributed by atoms with Gasteiger partial charge in [0, 0.05) is 18.7 Å². The van der Waals surface area contributed by atoms with E-state index in [1.165, 1.54) is 49.9 Å². The van der Waals surface area contributed by atoms with Gasteiger partial charge < -0.3 is 10.2 Å². The molecule has 1 aromatic carbocycles. The molecule has 1 amide bonds. The van der Waals surface area contributed by atoms with Crippen LogP contribution >= 0.6 is 0 Å². The zero-order valence-corrected chi connectivity index (χ0v) is 12.8. The van der Waals surface area contributed by atoms with Gasteiger partial charge in [-0.15, -0.1) is 10.2 Å². The SMILES string of the molecule is O=C(Nc1ccc(N2CCCCCC2)nn1)c1ccc(F)cc1. The number of aromatic nitrogens is 2. The quantitative estimate of drug-likeness (QED) is 0.945. The zero-order valence-electron chi connectivity index (χ0n) is 12.8. The average molecular weight is 314 g/mol. The molecule has 5 nitrogen and oxygen atoms in total. The maximum atomic E-state index is 12.9. The smallest absolute Gasteiger partial charge is 0.256 e. The number of halogens is 1. The molecule has 0 radical (unpaired) electrons. The summed E-state index contributed by atoms with van der Waals surface area (Å²) < 4.78 is 12.9. The fourth-order valence-electron chi connectivity index (χ4n) is 2.65. The molecule has 1 aliphatic heterocycles. The van der Waals surface area contributed by atoms with Crippen molar-refractivity contribution in [2.24, 2.45) is 0 Å². The summed E-state index contributed by atoms with van der Waals surface area (Å²) in [5.41, 5.74) is 0.379. The van der Waals surface area contributed by atoms with Gasteiger partial charge in [-0.3, -0.25) is 4.79 Å². The Labute approximate surface area is 134 Å². The number of hydrogen-bond acceptors (Lipinski definition) is 4. The lowest BCUT2D eigenvalue weighted by molar-refractivity contribution is 0.102. The summed E-state index contributed by atoms with van der Waals surface area (Å²) in [4.78, 5) is 14.3. The number of anilines is 2. The van der Waals surface area contributed by atoms with Crippen LogP contribution in [0.4, 0.5) is 16.0 Å². The molecule has 2 aromatic rings. The van der Waals surface area contributed by atoms with Crippen molar-refractivity contribution in [1.29, 1.82) is 0 Å². The Bertz CT molecular complexity index is 649. The number of nitrogens with zero attached hydrogens (tertiary/aromatic N) is 3. The third-order valence-corrected chi connectivity index (χ3v) is 3.93. The topological polar surface area (TPSA) is 58.1 Å². The Hall–Kier alpha value is -2.50. The Balaban J connectivity index is 1.64. The number of amides is 1. The largest absolute Gasteiger partial charge is 0.355 e. The van der Waals surface area contributed by atoms with Crippen LogP contribution in [0.2, 0.25) is 0 Å². The van der Waals surface area contributed by atoms with E-state index in [-0.39, 0.29) is 11.7 Å². The monoisotopic (exact) mass is 314 g/mol. The molecule has 1 saturated heterocycles. The minimum Gasteiger partial charge on any atom is -0.355 e. The second-order valence-electron chi connectivity index (χ2n) is 5.64. The third kappa shape index (κ3) is 4.03. The molecular weight excluding hydrogens is 295 g/mol. The molecule has 1 aliphatic rings. The van der Waals surface area contributed by atoms with E-state index in [4.69, 9.17) is 0 Å². The standard InChI is InChI=1S/C17H19FN4O/c18-14-7-5-13(6-8-14)17(23)19-15-9-10-16(21-20-15)22-11-3-1-2-4-12-22/h5-10H,1-4,11-12H2,(H,19,20,23). The Morgan fingerprint density at radius 3 is 2.26 bits per heavy atom. The van der Waals surface area contributed by atoms with Crippen LogP contribution in [0, 0.1) is 5.82 Å². The minimum absolute atomic E-state index is 0.332. The summed E-state index contributed by atoms with van der Waals surface area (Å²) in [6.07, 6.45) is 4.86. The maximum absolute atomic E-state index is 12.9. The van der Waals surface area contributed by atoms with Gasteiger partial charge in [-0.2, -0.15) is 0 Å². The fourth-order valence-corrected chi connectivity index (χ4v) is 2.65. The van der Waals surface area contributed by atoms with E-state index in [2.05, 4.69) is 20.4 Å². The van der Waals surface area contributed by atoms with E-state index < -0.39 is 0 Å². The summed E-state index contributed by atoms with van der Waals surface area (Å²) in [5.74, 6) is 0.523. The number of rotatable bonds is 3. The lowest BCUT2D eigenvalue weighted by Gasteiger charge is -2.20. The van der Waals surface area contributed by atoms with Gasteiger partial charge in [-0.25, -0.2) is 4.39 Å². The lowest BCUT2D eigenvalue weighted by Crippen LogP contribution is -2.25. The van der Waals surface area contributed by atoms with Crippen LogP contribution in [0.1, 0.15) is 36.0 Å². The highest BCUT2D eigenvalue weighted by atomic mass is 19.1. The summed E-state index contributed by atoms with van der Waals surface area (Å²) >= 11 is 0. The normalized spacial score (nSPS) is 15.1. The van der Waals surface area contributed by atoms with E-state index in [0.717, 1.165) is 18.9 Å². The molecule has 6 heteroatoms. The summed E-state index contributed by atoms with van der Waals surface area (Å²) in [6, 6.07) is 8.99. The summed E-state index contributed by atoms with van der Waals surface area (Å²) in [6.45, 7) is 1.99. The number of carbonyl (C=O) groups excluding carboxylic acids is 1. The highest BCUT2D eigenvalue weighted by Gasteiger charge is 2.12. The van der Waals surface area contributed by atoms with Crippen LogP contribution in [0.15, 0.2) is 36.4 Å². The van der Waals surface area contributed by atoms with Crippen molar-refractivity contribution in [3.63, 3.8) is 0 Å². The van der Waals surface area contributed by atoms with Gasteiger partial charge >= 0.3 is 0 Å². The van der Waals surface area contributed by atoms with E-state index in [9.17, 15) is 9.18 Å². The minimum atomic E-state index is -0.372. The van der Waals surface area contributed by atoms with Crippen LogP contribution in [-0.4, -0.2) is 29.2 Å². The molecule has 0 aliphatic carbocycles. The molecule has 0 saturated carbocycles. The van der Waals surface area contributed by atoms with Gasteiger partial charge in [-0.1, -0.05) is 12.8 Å². The fraction of sp³-hybridized carbons (Fsp3) is 0.353. The molecule has 23 heavy (non-hydrogen) atoms. The first kappa shape index (κ1) is 15.4. The van der Waals surface area contributed by atoms with Crippen molar-refractivity contribution in [3.05, 3.63) is 47.8 Å². The highest BCUT2D eigenvalue weighted by molar-refractivity contribution is 6.03. The lowest BCUT2D eigenvalue weighted by atomic mass is 10.2. The van der Waals surface area contributed by atoms with Crippen molar-refractivity contribution in [3.8, 4) is 0 Å². The number of carbonyl (C=O) groups is 1. The van der Waals surface area contributed by atoms with Crippen molar-refractivity contribution in [2.45, 2.75) is 25.7 Å². The first-order chi connectivity index (χ1) is 11.2. The van der Waals surface area contributed by atoms with E-state index in [0.29, 0.717) is 11.4 Å². The Kier molecular flexibility index (Phi) is 4.80. The summed E-state index contributed by atoms with van der Waals surface area (Å²) in [5, 5.41) is 10.9. The molecule has 1 fully saturated rings. The molecule has 2 heterocycles. The van der Waals surface area contributed by atoms with Gasteiger partial charge in [-0.05, 0) is 49.2 Å². The van der Waals surface area contributed by atoms with Crippen molar-refractivity contribution < 1.29 is 9.18 Å². The van der Waals surface area contributed by atoms with Gasteiger partial charge in [0.25, 0.3) is 5.91 Å². The number of nitrogens with one attached hydrogen (secondary N) is 1. The maximum Gasteiger partial charge on any atom is 0.256 e. The van der Waals surface area contributed by atoms with Crippen molar-refractivity contribution >= 4 is 17.5 Å². The number of benzene rings is 1. The van der Waals surface area contributed by atoms with Gasteiger partial charge in [0.1, 0.15) is 5.82 Å². The van der Waals surface area contributed by atoms with E-state index >= 15 is 0 Å². The highest BCUT2D eigenvalue weighted by Crippen LogP contribution is 2.17. The predicted octanol–water partition coefficient (Wildman–Crippen LogP) is 3.25. The molecule has 3 rings (SSSR count). The third-order valence-electron chi connectivity index (χ3n) is 3.93. The van der Waals surface area contributed by atoms with Crippen LogP contribution in [0.25, 0.3) is 0 Å². The van der Waals surface area contributed by atoms with E-state index in [1.54, 1.807) is 6.07 Å². The second-order valence-corrected chi connectivity index (χ2v) is 5.64. The van der Waals surface area contributed by atoms with E-state index in [1.807, 2.05) is 6.07 Å². The Morgan fingerprint density at radius 2 is 1.65 bits per heavy atom. The average Bonchev–Trinajstić information content (AvgIpc) is 2.85. The van der Waals surface area contributed by atoms with Gasteiger partial charge in [0.15, 0.2) is 11.6 Å². The Morgan fingerprint density at radius 1 is 0.957 bits per heavy atom. The van der Waals surface area contributed by atoms with Crippen LogP contribution < -0.4 is 10.2 Å². The zero-order chi connectivity index (χ0) is 16.1. The summed E-state index contributed by atoms with van der Waals surface area (Å²) in [7, 11) is 0. The molecular formula is C17H19FN4O. The van der Waals surface area contributed by atoms with Crippen LogP contribution in [0.3, 0.4) is 0 Å². The molecule has 120 valence electrons. The molecule has 1 aromatic heterocycles. The molecule has 0 unspecified atom stereocenters. The second kappa shape index (κ2) is 7.17. The van der Waals surface area contributed by atoms with Crippen LogP contribution in [-0.2, 0) is 0 Å². The molecule has 0 atom stereocenters. The number of hydrogen-bond donors (Lipinski definition) is 1. The first-order valence-electron chi connectivity index (χ1n) is 7.88.